The lowest BCUT2D eigenvalue weighted by atomic mass is 9.95. The molecule has 1 unspecified atom stereocenters. The Morgan fingerprint density at radius 2 is 1.82 bits per heavy atom. The summed E-state index contributed by atoms with van der Waals surface area (Å²) in [4.78, 5) is 15.9. The summed E-state index contributed by atoms with van der Waals surface area (Å²) in [5, 5.41) is 21.9. The molecule has 0 bridgehead atoms. The monoisotopic (exact) mass is 572 g/mol. The first kappa shape index (κ1) is 26.4. The van der Waals surface area contributed by atoms with E-state index in [9.17, 15) is 18.8 Å². The molecule has 7 nitrogen and oxygen atoms in total. The van der Waals surface area contributed by atoms with Gasteiger partial charge in [0.1, 0.15) is 0 Å². The van der Waals surface area contributed by atoms with Crippen LogP contribution in [0.25, 0.3) is 27.5 Å². The summed E-state index contributed by atoms with van der Waals surface area (Å²) in [7, 11) is 0. The van der Waals surface area contributed by atoms with Crippen molar-refractivity contribution >= 4 is 28.7 Å². The highest BCUT2D eigenvalue weighted by molar-refractivity contribution is 7.89. The molecule has 5 aromatic rings. The Hall–Kier alpha value is -3.83. The molecule has 6 rings (SSSR count). The molecule has 0 radical (unpaired) electrons. The molecule has 10 heteroatoms. The fourth-order valence-corrected chi connectivity index (χ4v) is 6.04. The molecule has 0 amide bonds. The molecule has 2 heterocycles. The van der Waals surface area contributed by atoms with Crippen molar-refractivity contribution in [3.05, 3.63) is 107 Å². The summed E-state index contributed by atoms with van der Waals surface area (Å²) in [5.74, 6) is -1.20. The number of aromatic carboxylic acids is 1. The van der Waals surface area contributed by atoms with Gasteiger partial charge in [0.05, 0.1) is 22.7 Å². The van der Waals surface area contributed by atoms with Crippen LogP contribution < -0.4 is 5.14 Å². The number of carboxylic acid groups (broad SMARTS) is 1. The number of aromatic nitrogens is 3. The summed E-state index contributed by atoms with van der Waals surface area (Å²) in [6.45, 7) is 0. The standard InChI is InChI=1S/C30H25FN4O3S2/c31-24-14-19(11-12-27(24)40(32)38)13-23-25(15-18-9-10-18)34-35(30-33-26(17-39-30)29(36)37)28(23)22-8-4-7-21(16-22)20-5-2-1-3-6-20/h1-8,11-12,14,16-18H,9-10,13,15,32H2,(H,36,37). The lowest BCUT2D eigenvalue weighted by Crippen LogP contribution is -2.14. The third-order valence-electron chi connectivity index (χ3n) is 6.98. The van der Waals surface area contributed by atoms with Gasteiger partial charge in [0.15, 0.2) is 11.5 Å². The number of nitrogens with two attached hydrogens (primary N) is 1. The van der Waals surface area contributed by atoms with E-state index in [1.54, 1.807) is 10.7 Å². The average molecular weight is 573 g/mol. The smallest absolute Gasteiger partial charge is 0.355 e. The first-order valence-electron chi connectivity index (χ1n) is 12.8. The highest BCUT2D eigenvalue weighted by Gasteiger charge is 2.29. The second-order valence-electron chi connectivity index (χ2n) is 9.84. The molecule has 1 saturated carbocycles. The van der Waals surface area contributed by atoms with Crippen LogP contribution in [0.4, 0.5) is 4.39 Å². The van der Waals surface area contributed by atoms with E-state index in [-0.39, 0.29) is 10.6 Å². The lowest BCUT2D eigenvalue weighted by molar-refractivity contribution is 0.0691. The number of carboxylic acids is 1. The predicted molar refractivity (Wildman–Crippen MR) is 153 cm³/mol. The van der Waals surface area contributed by atoms with Gasteiger partial charge in [0.25, 0.3) is 0 Å². The molecule has 1 fully saturated rings. The topological polar surface area (TPSA) is 117 Å². The van der Waals surface area contributed by atoms with Crippen LogP contribution in [-0.4, -0.2) is 30.4 Å². The summed E-state index contributed by atoms with van der Waals surface area (Å²) in [6, 6.07) is 22.7. The molecule has 2 aromatic heterocycles. The predicted octanol–water partition coefficient (Wildman–Crippen LogP) is 6.02. The lowest BCUT2D eigenvalue weighted by Gasteiger charge is -2.12. The van der Waals surface area contributed by atoms with Gasteiger partial charge in [0.2, 0.25) is 10.0 Å². The van der Waals surface area contributed by atoms with Crippen LogP contribution in [0, 0.1) is 11.7 Å². The number of hydrogen-bond acceptors (Lipinski definition) is 6. The second kappa shape index (κ2) is 11.0. The minimum Gasteiger partial charge on any atom is -0.593 e. The average Bonchev–Trinajstić information content (AvgIpc) is 3.50. The molecular weight excluding hydrogens is 547 g/mol. The largest absolute Gasteiger partial charge is 0.593 e. The van der Waals surface area contributed by atoms with Crippen LogP contribution in [-0.2, 0) is 24.2 Å². The Bertz CT molecular complexity index is 1700. The van der Waals surface area contributed by atoms with Gasteiger partial charge in [-0.25, -0.2) is 18.9 Å². The van der Waals surface area contributed by atoms with Crippen molar-refractivity contribution in [2.24, 2.45) is 11.1 Å². The van der Waals surface area contributed by atoms with Gasteiger partial charge in [-0.1, -0.05) is 54.6 Å². The quantitative estimate of drug-likeness (QED) is 0.209. The maximum absolute atomic E-state index is 14.8. The molecule has 40 heavy (non-hydrogen) atoms. The molecule has 202 valence electrons. The maximum atomic E-state index is 14.8. The van der Waals surface area contributed by atoms with E-state index in [0.717, 1.165) is 52.9 Å². The molecule has 0 saturated heterocycles. The normalized spacial score (nSPS) is 13.9. The zero-order valence-electron chi connectivity index (χ0n) is 21.3. The van der Waals surface area contributed by atoms with Gasteiger partial charge >= 0.3 is 5.97 Å². The van der Waals surface area contributed by atoms with Crippen molar-refractivity contribution in [1.82, 2.24) is 14.8 Å². The number of halogens is 1. The Balaban J connectivity index is 1.53. The molecule has 3 aromatic carbocycles. The third kappa shape index (κ3) is 5.44. The molecule has 1 aliphatic carbocycles. The number of rotatable bonds is 9. The summed E-state index contributed by atoms with van der Waals surface area (Å²) >= 11 is -0.711. The zero-order chi connectivity index (χ0) is 27.8. The molecule has 3 N–H and O–H groups in total. The molecular formula is C30H25FN4O3S2. The van der Waals surface area contributed by atoms with E-state index < -0.39 is 23.1 Å². The molecule has 1 aliphatic rings. The van der Waals surface area contributed by atoms with Crippen LogP contribution in [0.5, 0.6) is 0 Å². The first-order valence-corrected chi connectivity index (χ1v) is 14.9. The van der Waals surface area contributed by atoms with Gasteiger partial charge in [-0.15, -0.1) is 16.5 Å². The number of carbonyl (C=O) groups is 1. The molecule has 0 spiro atoms. The summed E-state index contributed by atoms with van der Waals surface area (Å²) < 4.78 is 28.2. The Morgan fingerprint density at radius 3 is 2.50 bits per heavy atom. The van der Waals surface area contributed by atoms with Gasteiger partial charge in [0, 0.05) is 22.9 Å². The van der Waals surface area contributed by atoms with E-state index in [1.807, 2.05) is 48.5 Å². The summed E-state index contributed by atoms with van der Waals surface area (Å²) in [6.07, 6.45) is 3.38. The van der Waals surface area contributed by atoms with Crippen molar-refractivity contribution < 1.29 is 18.8 Å². The second-order valence-corrected chi connectivity index (χ2v) is 11.7. The highest BCUT2D eigenvalue weighted by Crippen LogP contribution is 2.39. The van der Waals surface area contributed by atoms with E-state index in [4.69, 9.17) is 10.2 Å². The van der Waals surface area contributed by atoms with E-state index >= 15 is 0 Å². The maximum Gasteiger partial charge on any atom is 0.355 e. The number of nitrogens with zero attached hydrogens (tertiary/aromatic N) is 3. The van der Waals surface area contributed by atoms with Crippen molar-refractivity contribution in [1.29, 1.82) is 0 Å². The van der Waals surface area contributed by atoms with Gasteiger partial charge in [-0.3, -0.25) is 0 Å². The highest BCUT2D eigenvalue weighted by atomic mass is 32.2. The van der Waals surface area contributed by atoms with Crippen molar-refractivity contribution in [3.63, 3.8) is 0 Å². The van der Waals surface area contributed by atoms with Crippen molar-refractivity contribution in [2.45, 2.75) is 30.6 Å². The first-order chi connectivity index (χ1) is 19.4. The van der Waals surface area contributed by atoms with Crippen molar-refractivity contribution in [2.75, 3.05) is 0 Å². The number of benzene rings is 3. The van der Waals surface area contributed by atoms with Crippen LogP contribution >= 0.6 is 11.3 Å². The fraction of sp³-hybridized carbons (Fsp3) is 0.167. The SMILES string of the molecule is N[S+]([O-])c1ccc(Cc2c(CC3CC3)nn(-c3nc(C(=O)O)cs3)c2-c2cccc(-c3ccccc3)c2)cc1F. The number of hydrogen-bond donors (Lipinski definition) is 2. The van der Waals surface area contributed by atoms with Gasteiger partial charge in [-0.05, 0) is 60.1 Å². The van der Waals surface area contributed by atoms with E-state index in [1.165, 1.54) is 28.8 Å². The van der Waals surface area contributed by atoms with Crippen molar-refractivity contribution in [3.8, 4) is 27.5 Å². The zero-order valence-corrected chi connectivity index (χ0v) is 22.9. The molecule has 1 atom stereocenters. The minimum atomic E-state index is -1.92. The Labute approximate surface area is 237 Å². The summed E-state index contributed by atoms with van der Waals surface area (Å²) in [5.41, 5.74) is 6.19. The Morgan fingerprint density at radius 1 is 1.07 bits per heavy atom. The van der Waals surface area contributed by atoms with Crippen LogP contribution in [0.1, 0.15) is 40.2 Å². The van der Waals surface area contributed by atoms with Crippen LogP contribution in [0.2, 0.25) is 0 Å². The Kier molecular flexibility index (Phi) is 7.24. The minimum absolute atomic E-state index is 0.0441. The van der Waals surface area contributed by atoms with Crippen LogP contribution in [0.3, 0.4) is 0 Å². The van der Waals surface area contributed by atoms with E-state index in [2.05, 4.69) is 11.1 Å². The van der Waals surface area contributed by atoms with E-state index in [0.29, 0.717) is 23.0 Å². The van der Waals surface area contributed by atoms with Gasteiger partial charge < -0.3 is 9.66 Å². The van der Waals surface area contributed by atoms with Crippen LogP contribution in [0.15, 0.2) is 83.1 Å². The number of thiazole rings is 1. The fourth-order valence-electron chi connectivity index (χ4n) is 4.83. The third-order valence-corrected chi connectivity index (χ3v) is 8.56. The van der Waals surface area contributed by atoms with Gasteiger partial charge in [-0.2, -0.15) is 5.10 Å². The molecule has 0 aliphatic heterocycles.